The molecule has 0 spiro atoms. The number of carbonyl (C=O) groups excluding carboxylic acids is 1. The predicted octanol–water partition coefficient (Wildman–Crippen LogP) is 1.68. The molecule has 1 saturated heterocycles. The number of aldehydes is 1. The molecule has 4 heteroatoms. The molecule has 0 radical (unpaired) electrons. The van der Waals surface area contributed by atoms with Crippen LogP contribution in [0.15, 0.2) is 24.3 Å². The molecule has 1 aliphatic heterocycles. The van der Waals surface area contributed by atoms with Crippen molar-refractivity contribution in [1.29, 1.82) is 0 Å². The van der Waals surface area contributed by atoms with E-state index < -0.39 is 18.0 Å². The highest BCUT2D eigenvalue weighted by atomic mass is 16.8. The summed E-state index contributed by atoms with van der Waals surface area (Å²) < 4.78 is 11.3. The van der Waals surface area contributed by atoms with Crippen LogP contribution in [-0.4, -0.2) is 29.9 Å². The minimum atomic E-state index is -0.742. The number of aliphatic hydroxyl groups excluding tert-OH is 1. The SMILES string of the molecule is CC1(C)O[C@@H](CO)[C@@H](c2ccccc2C=O)O1. The van der Waals surface area contributed by atoms with E-state index in [1.54, 1.807) is 26.0 Å². The number of hydrogen-bond donors (Lipinski definition) is 1. The van der Waals surface area contributed by atoms with Crippen molar-refractivity contribution in [2.75, 3.05) is 6.61 Å². The molecule has 1 fully saturated rings. The van der Waals surface area contributed by atoms with Gasteiger partial charge in [-0.1, -0.05) is 24.3 Å². The monoisotopic (exact) mass is 236 g/mol. The molecule has 0 bridgehead atoms. The van der Waals surface area contributed by atoms with Gasteiger partial charge < -0.3 is 14.6 Å². The Balaban J connectivity index is 2.35. The Bertz CT molecular complexity index is 414. The second kappa shape index (κ2) is 4.56. The number of ether oxygens (including phenoxy) is 2. The third-order valence-electron chi connectivity index (χ3n) is 2.79. The van der Waals surface area contributed by atoms with Gasteiger partial charge in [-0.15, -0.1) is 0 Å². The van der Waals surface area contributed by atoms with Crippen LogP contribution in [0, 0.1) is 0 Å². The molecule has 1 N–H and O–H groups in total. The maximum atomic E-state index is 11.0. The summed E-state index contributed by atoms with van der Waals surface area (Å²) in [6.07, 6.45) is -0.0548. The molecule has 4 nitrogen and oxygen atoms in total. The molecule has 0 aromatic heterocycles. The van der Waals surface area contributed by atoms with Gasteiger partial charge in [0.1, 0.15) is 18.5 Å². The van der Waals surface area contributed by atoms with Crippen molar-refractivity contribution in [3.05, 3.63) is 35.4 Å². The molecule has 1 heterocycles. The van der Waals surface area contributed by atoms with Gasteiger partial charge in [-0.2, -0.15) is 0 Å². The lowest BCUT2D eigenvalue weighted by molar-refractivity contribution is -0.149. The van der Waals surface area contributed by atoms with Crippen LogP contribution in [0.25, 0.3) is 0 Å². The second-order valence-electron chi connectivity index (χ2n) is 4.52. The van der Waals surface area contributed by atoms with Crippen LogP contribution in [0.1, 0.15) is 35.9 Å². The third-order valence-corrected chi connectivity index (χ3v) is 2.79. The van der Waals surface area contributed by atoms with E-state index >= 15 is 0 Å². The van der Waals surface area contributed by atoms with E-state index in [9.17, 15) is 9.90 Å². The maximum Gasteiger partial charge on any atom is 0.164 e. The smallest absolute Gasteiger partial charge is 0.164 e. The van der Waals surface area contributed by atoms with E-state index in [0.717, 1.165) is 11.8 Å². The zero-order valence-corrected chi connectivity index (χ0v) is 9.92. The van der Waals surface area contributed by atoms with Crippen molar-refractivity contribution in [3.63, 3.8) is 0 Å². The quantitative estimate of drug-likeness (QED) is 0.811. The summed E-state index contributed by atoms with van der Waals surface area (Å²) in [6.45, 7) is 3.44. The van der Waals surface area contributed by atoms with Crippen LogP contribution in [0.3, 0.4) is 0 Å². The summed E-state index contributed by atoms with van der Waals surface area (Å²) in [4.78, 5) is 11.0. The molecule has 17 heavy (non-hydrogen) atoms. The fourth-order valence-electron chi connectivity index (χ4n) is 2.11. The summed E-state index contributed by atoms with van der Waals surface area (Å²) in [5, 5.41) is 9.30. The molecule has 92 valence electrons. The van der Waals surface area contributed by atoms with Gasteiger partial charge in [0.25, 0.3) is 0 Å². The molecule has 2 rings (SSSR count). The summed E-state index contributed by atoms with van der Waals surface area (Å²) in [5.74, 6) is -0.742. The summed E-state index contributed by atoms with van der Waals surface area (Å²) >= 11 is 0. The molecule has 1 aromatic carbocycles. The van der Waals surface area contributed by atoms with Crippen LogP contribution in [0.2, 0.25) is 0 Å². The first-order chi connectivity index (χ1) is 8.07. The van der Waals surface area contributed by atoms with Crippen LogP contribution < -0.4 is 0 Å². The fraction of sp³-hybridized carbons (Fsp3) is 0.462. The standard InChI is InChI=1S/C13H16O4/c1-13(2)16-11(8-15)12(17-13)10-6-4-3-5-9(10)7-14/h3-7,11-12,15H,8H2,1-2H3/t11-,12+/m0/s1. The van der Waals surface area contributed by atoms with Crippen LogP contribution in [0.5, 0.6) is 0 Å². The lowest BCUT2D eigenvalue weighted by atomic mass is 10.00. The first kappa shape index (κ1) is 12.2. The first-order valence-corrected chi connectivity index (χ1v) is 5.58. The molecule has 0 aliphatic carbocycles. The topological polar surface area (TPSA) is 55.8 Å². The van der Waals surface area contributed by atoms with Crippen molar-refractivity contribution in [1.82, 2.24) is 0 Å². The summed E-state index contributed by atoms with van der Waals surface area (Å²) in [7, 11) is 0. The van der Waals surface area contributed by atoms with E-state index in [4.69, 9.17) is 9.47 Å². The molecule has 2 atom stereocenters. The Morgan fingerprint density at radius 3 is 2.71 bits per heavy atom. The molecule has 1 aliphatic rings. The van der Waals surface area contributed by atoms with E-state index in [0.29, 0.717) is 5.56 Å². The molecule has 0 saturated carbocycles. The molecule has 1 aromatic rings. The van der Waals surface area contributed by atoms with E-state index in [2.05, 4.69) is 0 Å². The average molecular weight is 236 g/mol. The molecule has 0 amide bonds. The molecular weight excluding hydrogens is 220 g/mol. The minimum Gasteiger partial charge on any atom is -0.394 e. The number of rotatable bonds is 3. The van der Waals surface area contributed by atoms with Gasteiger partial charge in [0.2, 0.25) is 0 Å². The second-order valence-corrected chi connectivity index (χ2v) is 4.52. The lowest BCUT2D eigenvalue weighted by Crippen LogP contribution is -2.23. The van der Waals surface area contributed by atoms with E-state index in [1.165, 1.54) is 0 Å². The minimum absolute atomic E-state index is 0.138. The normalized spacial score (nSPS) is 27.0. The van der Waals surface area contributed by atoms with Crippen molar-refractivity contribution >= 4 is 6.29 Å². The summed E-state index contributed by atoms with van der Waals surface area (Å²) in [5.41, 5.74) is 1.32. The molecular formula is C13H16O4. The van der Waals surface area contributed by atoms with Crippen LogP contribution in [0.4, 0.5) is 0 Å². The highest BCUT2D eigenvalue weighted by molar-refractivity contribution is 5.77. The van der Waals surface area contributed by atoms with Gasteiger partial charge in [0.15, 0.2) is 5.79 Å². The Morgan fingerprint density at radius 1 is 1.35 bits per heavy atom. The number of aliphatic hydroxyl groups is 1. The number of carbonyl (C=O) groups is 1. The zero-order chi connectivity index (χ0) is 12.5. The van der Waals surface area contributed by atoms with E-state index in [-0.39, 0.29) is 6.61 Å². The van der Waals surface area contributed by atoms with Gasteiger partial charge in [-0.25, -0.2) is 0 Å². The van der Waals surface area contributed by atoms with Gasteiger partial charge in [-0.05, 0) is 19.4 Å². The van der Waals surface area contributed by atoms with Crippen molar-refractivity contribution in [2.24, 2.45) is 0 Å². The Kier molecular flexibility index (Phi) is 3.28. The predicted molar refractivity (Wildman–Crippen MR) is 61.7 cm³/mol. The van der Waals surface area contributed by atoms with Gasteiger partial charge >= 0.3 is 0 Å². The summed E-state index contributed by atoms with van der Waals surface area (Å²) in [6, 6.07) is 7.18. The van der Waals surface area contributed by atoms with Gasteiger partial charge in [-0.3, -0.25) is 4.79 Å². The Labute approximate surface area is 100 Å². The van der Waals surface area contributed by atoms with Crippen LogP contribution in [-0.2, 0) is 9.47 Å². The van der Waals surface area contributed by atoms with Crippen molar-refractivity contribution in [2.45, 2.75) is 31.8 Å². The Hall–Kier alpha value is -1.23. The number of benzene rings is 1. The lowest BCUT2D eigenvalue weighted by Gasteiger charge is -2.17. The Morgan fingerprint density at radius 2 is 2.06 bits per heavy atom. The molecule has 0 unspecified atom stereocenters. The van der Waals surface area contributed by atoms with Gasteiger partial charge in [0.05, 0.1) is 6.61 Å². The fourth-order valence-corrected chi connectivity index (χ4v) is 2.11. The maximum absolute atomic E-state index is 11.0. The average Bonchev–Trinajstić information content (AvgIpc) is 2.64. The highest BCUT2D eigenvalue weighted by Gasteiger charge is 2.42. The van der Waals surface area contributed by atoms with Gasteiger partial charge in [0, 0.05) is 5.56 Å². The highest BCUT2D eigenvalue weighted by Crippen LogP contribution is 2.38. The van der Waals surface area contributed by atoms with Crippen molar-refractivity contribution in [3.8, 4) is 0 Å². The zero-order valence-electron chi connectivity index (χ0n) is 9.92. The third kappa shape index (κ3) is 2.39. The van der Waals surface area contributed by atoms with E-state index in [1.807, 2.05) is 12.1 Å². The van der Waals surface area contributed by atoms with Crippen LogP contribution >= 0.6 is 0 Å². The largest absolute Gasteiger partial charge is 0.394 e. The first-order valence-electron chi connectivity index (χ1n) is 5.58. The van der Waals surface area contributed by atoms with Crippen molar-refractivity contribution < 1.29 is 19.4 Å². The number of hydrogen-bond acceptors (Lipinski definition) is 4.